The average Bonchev–Trinajstić information content (AvgIpc) is 3.32. The van der Waals surface area contributed by atoms with Crippen molar-refractivity contribution in [3.8, 4) is 0 Å². The summed E-state index contributed by atoms with van der Waals surface area (Å²) >= 11 is 6.13. The standard InChI is InChI=1S/C20H21ClN2O3S/c21-17-11-8-15(13-19(17)27(25,26)22-16-9-10-16)20(24)23-12-4-7-18(23)14-5-2-1-3-6-14/h1-3,5-6,8,11,13,16,18,22H,4,7,9-10,12H2/t18-/m1/s1. The summed E-state index contributed by atoms with van der Waals surface area (Å²) in [5.41, 5.74) is 1.44. The molecule has 1 aliphatic carbocycles. The van der Waals surface area contributed by atoms with Crippen LogP contribution in [0.5, 0.6) is 0 Å². The minimum Gasteiger partial charge on any atom is -0.332 e. The van der Waals surface area contributed by atoms with Crippen LogP contribution in [0.3, 0.4) is 0 Å². The van der Waals surface area contributed by atoms with Crippen LogP contribution in [0.1, 0.15) is 47.6 Å². The van der Waals surface area contributed by atoms with Crippen LogP contribution in [-0.4, -0.2) is 31.8 Å². The summed E-state index contributed by atoms with van der Waals surface area (Å²) in [6, 6.07) is 14.4. The number of hydrogen-bond acceptors (Lipinski definition) is 3. The molecule has 4 rings (SSSR count). The van der Waals surface area contributed by atoms with Crippen molar-refractivity contribution in [3.05, 3.63) is 64.7 Å². The van der Waals surface area contributed by atoms with Crippen molar-refractivity contribution in [2.75, 3.05) is 6.54 Å². The van der Waals surface area contributed by atoms with Gasteiger partial charge in [-0.1, -0.05) is 41.9 Å². The van der Waals surface area contributed by atoms with Crippen LogP contribution in [0, 0.1) is 0 Å². The van der Waals surface area contributed by atoms with Crippen LogP contribution < -0.4 is 4.72 Å². The average molecular weight is 405 g/mol. The Morgan fingerprint density at radius 3 is 2.52 bits per heavy atom. The fraction of sp³-hybridized carbons (Fsp3) is 0.350. The molecule has 2 aromatic carbocycles. The Labute approximate surface area is 164 Å². The van der Waals surface area contributed by atoms with E-state index in [1.54, 1.807) is 6.07 Å². The first-order chi connectivity index (χ1) is 13.0. The van der Waals surface area contributed by atoms with Crippen LogP contribution >= 0.6 is 11.6 Å². The molecule has 1 saturated heterocycles. The molecule has 0 spiro atoms. The fourth-order valence-electron chi connectivity index (χ4n) is 3.52. The number of hydrogen-bond donors (Lipinski definition) is 1. The van der Waals surface area contributed by atoms with E-state index < -0.39 is 10.0 Å². The van der Waals surface area contributed by atoms with E-state index in [1.807, 2.05) is 35.2 Å². The number of amides is 1. The van der Waals surface area contributed by atoms with Crippen LogP contribution in [0.25, 0.3) is 0 Å². The third-order valence-electron chi connectivity index (χ3n) is 5.06. The number of nitrogens with one attached hydrogen (secondary N) is 1. The van der Waals surface area contributed by atoms with E-state index in [0.717, 1.165) is 31.2 Å². The zero-order chi connectivity index (χ0) is 19.0. The van der Waals surface area contributed by atoms with Crippen molar-refractivity contribution < 1.29 is 13.2 Å². The van der Waals surface area contributed by atoms with Crippen LogP contribution in [0.15, 0.2) is 53.4 Å². The molecule has 0 bridgehead atoms. The normalized spacial score (nSPS) is 20.0. The van der Waals surface area contributed by atoms with Gasteiger partial charge in [0.05, 0.1) is 11.1 Å². The van der Waals surface area contributed by atoms with Gasteiger partial charge in [0.15, 0.2) is 0 Å². The van der Waals surface area contributed by atoms with Crippen molar-refractivity contribution in [1.29, 1.82) is 0 Å². The lowest BCUT2D eigenvalue weighted by molar-refractivity contribution is 0.0735. The first-order valence-electron chi connectivity index (χ1n) is 9.13. The number of likely N-dealkylation sites (tertiary alicyclic amines) is 1. The Morgan fingerprint density at radius 1 is 1.07 bits per heavy atom. The minimum absolute atomic E-state index is 0.0130. The Bertz CT molecular complexity index is 958. The summed E-state index contributed by atoms with van der Waals surface area (Å²) in [4.78, 5) is 14.9. The zero-order valence-electron chi connectivity index (χ0n) is 14.8. The van der Waals surface area contributed by atoms with Gasteiger partial charge in [-0.05, 0) is 49.4 Å². The number of carbonyl (C=O) groups is 1. The molecule has 0 radical (unpaired) electrons. The Hall–Kier alpha value is -1.89. The van der Waals surface area contributed by atoms with Crippen molar-refractivity contribution in [1.82, 2.24) is 9.62 Å². The molecule has 7 heteroatoms. The number of sulfonamides is 1. The van der Waals surface area contributed by atoms with Gasteiger partial charge < -0.3 is 4.90 Å². The lowest BCUT2D eigenvalue weighted by atomic mass is 10.0. The molecule has 1 heterocycles. The van der Waals surface area contributed by atoms with E-state index in [-0.39, 0.29) is 27.9 Å². The molecule has 1 saturated carbocycles. The Morgan fingerprint density at radius 2 is 1.81 bits per heavy atom. The van der Waals surface area contributed by atoms with Gasteiger partial charge in [0.25, 0.3) is 5.91 Å². The summed E-state index contributed by atoms with van der Waals surface area (Å²) < 4.78 is 27.8. The molecule has 2 aliphatic rings. The first-order valence-corrected chi connectivity index (χ1v) is 11.0. The largest absolute Gasteiger partial charge is 0.332 e. The van der Waals surface area contributed by atoms with Gasteiger partial charge in [0.2, 0.25) is 10.0 Å². The summed E-state index contributed by atoms with van der Waals surface area (Å²) in [5.74, 6) is -0.166. The number of nitrogens with zero attached hydrogens (tertiary/aromatic N) is 1. The van der Waals surface area contributed by atoms with E-state index in [4.69, 9.17) is 11.6 Å². The molecule has 0 unspecified atom stereocenters. The molecule has 1 atom stereocenters. The summed E-state index contributed by atoms with van der Waals surface area (Å²) in [6.45, 7) is 0.656. The zero-order valence-corrected chi connectivity index (χ0v) is 16.3. The second-order valence-corrected chi connectivity index (χ2v) is 9.20. The second-order valence-electron chi connectivity index (χ2n) is 7.11. The highest BCUT2D eigenvalue weighted by Crippen LogP contribution is 2.34. The van der Waals surface area contributed by atoms with Crippen molar-refractivity contribution in [2.24, 2.45) is 0 Å². The second kappa shape index (κ2) is 7.26. The molecular weight excluding hydrogens is 384 g/mol. The van der Waals surface area contributed by atoms with Crippen molar-refractivity contribution >= 4 is 27.5 Å². The summed E-state index contributed by atoms with van der Waals surface area (Å²) in [5, 5.41) is 0.126. The highest BCUT2D eigenvalue weighted by atomic mass is 35.5. The topological polar surface area (TPSA) is 66.5 Å². The molecule has 1 N–H and O–H groups in total. The third kappa shape index (κ3) is 3.88. The molecule has 2 fully saturated rings. The Balaban J connectivity index is 1.63. The highest BCUT2D eigenvalue weighted by Gasteiger charge is 2.33. The van der Waals surface area contributed by atoms with E-state index in [1.165, 1.54) is 12.1 Å². The van der Waals surface area contributed by atoms with Crippen molar-refractivity contribution in [3.63, 3.8) is 0 Å². The number of halogens is 1. The Kier molecular flexibility index (Phi) is 4.97. The highest BCUT2D eigenvalue weighted by molar-refractivity contribution is 7.89. The minimum atomic E-state index is -3.73. The lowest BCUT2D eigenvalue weighted by Gasteiger charge is -2.25. The van der Waals surface area contributed by atoms with Gasteiger partial charge in [-0.25, -0.2) is 13.1 Å². The quantitative estimate of drug-likeness (QED) is 0.825. The van der Waals surface area contributed by atoms with Gasteiger partial charge >= 0.3 is 0 Å². The lowest BCUT2D eigenvalue weighted by Crippen LogP contribution is -2.31. The van der Waals surface area contributed by atoms with Gasteiger partial charge in [-0.3, -0.25) is 4.79 Å². The van der Waals surface area contributed by atoms with Crippen LogP contribution in [0.4, 0.5) is 0 Å². The molecule has 1 amide bonds. The fourth-order valence-corrected chi connectivity index (χ4v) is 5.35. The van der Waals surface area contributed by atoms with Crippen LogP contribution in [-0.2, 0) is 10.0 Å². The molecule has 0 aromatic heterocycles. The summed E-state index contributed by atoms with van der Waals surface area (Å²) in [7, 11) is -3.73. The summed E-state index contributed by atoms with van der Waals surface area (Å²) in [6.07, 6.45) is 3.50. The van der Waals surface area contributed by atoms with Crippen LogP contribution in [0.2, 0.25) is 5.02 Å². The molecule has 1 aliphatic heterocycles. The number of carbonyl (C=O) groups excluding carboxylic acids is 1. The molecule has 2 aromatic rings. The number of benzene rings is 2. The van der Waals surface area contributed by atoms with E-state index >= 15 is 0 Å². The molecule has 142 valence electrons. The first kappa shape index (κ1) is 18.5. The monoisotopic (exact) mass is 404 g/mol. The van der Waals surface area contributed by atoms with E-state index in [0.29, 0.717) is 12.1 Å². The molecule has 5 nitrogen and oxygen atoms in total. The van der Waals surface area contributed by atoms with Gasteiger partial charge in [0, 0.05) is 18.2 Å². The van der Waals surface area contributed by atoms with Crippen molar-refractivity contribution in [2.45, 2.75) is 42.7 Å². The van der Waals surface area contributed by atoms with Gasteiger partial charge in [0.1, 0.15) is 4.90 Å². The number of rotatable bonds is 5. The molecule has 27 heavy (non-hydrogen) atoms. The van der Waals surface area contributed by atoms with Gasteiger partial charge in [-0.15, -0.1) is 0 Å². The maximum absolute atomic E-state index is 13.1. The third-order valence-corrected chi connectivity index (χ3v) is 7.07. The van der Waals surface area contributed by atoms with E-state index in [9.17, 15) is 13.2 Å². The van der Waals surface area contributed by atoms with E-state index in [2.05, 4.69) is 4.72 Å². The smallest absolute Gasteiger partial charge is 0.254 e. The SMILES string of the molecule is O=C(c1ccc(Cl)c(S(=O)(=O)NC2CC2)c1)N1CCC[C@@H]1c1ccccc1. The maximum Gasteiger partial charge on any atom is 0.254 e. The predicted octanol–water partition coefficient (Wildman–Crippen LogP) is 3.76. The predicted molar refractivity (Wildman–Crippen MR) is 104 cm³/mol. The van der Waals surface area contributed by atoms with Gasteiger partial charge in [-0.2, -0.15) is 0 Å². The molecular formula is C20H21ClN2O3S. The maximum atomic E-state index is 13.1.